The number of benzene rings is 1. The lowest BCUT2D eigenvalue weighted by Crippen LogP contribution is -1.96. The van der Waals surface area contributed by atoms with E-state index in [9.17, 15) is 0 Å². The Morgan fingerprint density at radius 1 is 1.00 bits per heavy atom. The van der Waals surface area contributed by atoms with Crippen molar-refractivity contribution in [1.82, 2.24) is 0 Å². The van der Waals surface area contributed by atoms with E-state index in [1.165, 1.54) is 7.05 Å². The fraction of sp³-hybridized carbons (Fsp3) is 0.455. The zero-order valence-electron chi connectivity index (χ0n) is 10.7. The SMILES string of the molecule is CC.CN.COc1cc(N)c(C)cc1N.I. The third kappa shape index (κ3) is 6.73. The van der Waals surface area contributed by atoms with Gasteiger partial charge >= 0.3 is 0 Å². The molecule has 0 unspecified atom stereocenters. The predicted octanol–water partition coefficient (Wildman–Crippen LogP) is 2.39. The van der Waals surface area contributed by atoms with Crippen molar-refractivity contribution < 1.29 is 4.74 Å². The molecule has 1 rings (SSSR count). The van der Waals surface area contributed by atoms with Gasteiger partial charge in [-0.2, -0.15) is 0 Å². The zero-order chi connectivity index (χ0) is 12.4. The van der Waals surface area contributed by atoms with Gasteiger partial charge in [-0.25, -0.2) is 0 Å². The van der Waals surface area contributed by atoms with E-state index in [-0.39, 0.29) is 24.0 Å². The van der Waals surface area contributed by atoms with E-state index >= 15 is 0 Å². The number of nitrogens with two attached hydrogens (primary N) is 3. The molecule has 0 atom stereocenters. The monoisotopic (exact) mass is 341 g/mol. The lowest BCUT2D eigenvalue weighted by atomic mass is 10.2. The van der Waals surface area contributed by atoms with Gasteiger partial charge in [0.1, 0.15) is 5.75 Å². The van der Waals surface area contributed by atoms with Gasteiger partial charge in [0.25, 0.3) is 0 Å². The first kappa shape index (κ1) is 20.7. The maximum Gasteiger partial charge on any atom is 0.143 e. The Hall–Kier alpha value is -0.690. The van der Waals surface area contributed by atoms with Gasteiger partial charge in [-0.1, -0.05) is 13.8 Å². The summed E-state index contributed by atoms with van der Waals surface area (Å²) in [7, 11) is 3.07. The van der Waals surface area contributed by atoms with E-state index in [1.807, 2.05) is 20.8 Å². The van der Waals surface area contributed by atoms with Crippen LogP contribution in [-0.4, -0.2) is 14.2 Å². The zero-order valence-corrected chi connectivity index (χ0v) is 13.0. The average Bonchev–Trinajstić information content (AvgIpc) is 2.29. The number of methoxy groups -OCH3 is 1. The normalized spacial score (nSPS) is 7.38. The Bertz CT molecular complexity index is 280. The summed E-state index contributed by atoms with van der Waals surface area (Å²) in [6.07, 6.45) is 0. The first-order valence-electron chi connectivity index (χ1n) is 4.92. The van der Waals surface area contributed by atoms with Gasteiger partial charge in [-0.15, -0.1) is 24.0 Å². The van der Waals surface area contributed by atoms with Crippen molar-refractivity contribution in [3.8, 4) is 5.75 Å². The molecule has 4 nitrogen and oxygen atoms in total. The third-order valence-corrected chi connectivity index (χ3v) is 1.62. The molecule has 0 aliphatic heterocycles. The van der Waals surface area contributed by atoms with Crippen LogP contribution in [0.15, 0.2) is 12.1 Å². The molecule has 5 heteroatoms. The summed E-state index contributed by atoms with van der Waals surface area (Å²) in [6, 6.07) is 3.53. The molecule has 1 aromatic carbocycles. The minimum absolute atomic E-state index is 0. The van der Waals surface area contributed by atoms with Crippen LogP contribution in [0.25, 0.3) is 0 Å². The first-order chi connectivity index (χ1) is 7.15. The van der Waals surface area contributed by atoms with E-state index in [4.69, 9.17) is 16.2 Å². The molecule has 1 aromatic rings. The highest BCUT2D eigenvalue weighted by Gasteiger charge is 2.01. The smallest absolute Gasteiger partial charge is 0.143 e. The maximum absolute atomic E-state index is 5.63. The van der Waals surface area contributed by atoms with Crippen molar-refractivity contribution in [1.29, 1.82) is 0 Å². The Kier molecular flexibility index (Phi) is 16.0. The van der Waals surface area contributed by atoms with Crippen LogP contribution in [-0.2, 0) is 0 Å². The van der Waals surface area contributed by atoms with Crippen LogP contribution < -0.4 is 21.9 Å². The van der Waals surface area contributed by atoms with Crippen LogP contribution in [0.3, 0.4) is 0 Å². The molecule has 0 saturated heterocycles. The minimum atomic E-state index is 0. The second-order valence-electron chi connectivity index (χ2n) is 2.45. The molecule has 0 spiro atoms. The number of rotatable bonds is 1. The molecule has 0 heterocycles. The Morgan fingerprint density at radius 2 is 1.44 bits per heavy atom. The highest BCUT2D eigenvalue weighted by atomic mass is 127. The molecule has 0 bridgehead atoms. The molecule has 0 saturated carbocycles. The van der Waals surface area contributed by atoms with Crippen LogP contribution in [0.2, 0.25) is 0 Å². The van der Waals surface area contributed by atoms with Crippen LogP contribution in [0.1, 0.15) is 19.4 Å². The number of hydrogen-bond acceptors (Lipinski definition) is 4. The predicted molar refractivity (Wildman–Crippen MR) is 83.4 cm³/mol. The second kappa shape index (κ2) is 12.4. The molecule has 6 N–H and O–H groups in total. The van der Waals surface area contributed by atoms with Crippen molar-refractivity contribution in [2.45, 2.75) is 20.8 Å². The largest absolute Gasteiger partial charge is 0.495 e. The van der Waals surface area contributed by atoms with Gasteiger partial charge in [0.15, 0.2) is 0 Å². The van der Waals surface area contributed by atoms with E-state index in [0.29, 0.717) is 17.1 Å². The van der Waals surface area contributed by atoms with E-state index in [0.717, 1.165) is 5.56 Å². The number of hydrogen-bond donors (Lipinski definition) is 3. The van der Waals surface area contributed by atoms with Gasteiger partial charge in [0, 0.05) is 11.8 Å². The molecule has 0 radical (unpaired) electrons. The number of anilines is 2. The summed E-state index contributed by atoms with van der Waals surface area (Å²) < 4.78 is 4.98. The van der Waals surface area contributed by atoms with E-state index < -0.39 is 0 Å². The standard InChI is InChI=1S/C8H12N2O.C2H6.CH5N.HI/c1-5-3-7(10)8(11-2)4-6(5)9;2*1-2;/h3-4H,9-10H2,1-2H3;1-2H3;2H2,1H3;1H. The lowest BCUT2D eigenvalue weighted by molar-refractivity contribution is 0.417. The Balaban J connectivity index is -0.000000305. The molecule has 0 aliphatic rings. The number of halogens is 1. The number of aryl methyl sites for hydroxylation is 1. The fourth-order valence-corrected chi connectivity index (χ4v) is 0.903. The minimum Gasteiger partial charge on any atom is -0.495 e. The molecule has 96 valence electrons. The van der Waals surface area contributed by atoms with Crippen LogP contribution in [0.5, 0.6) is 5.75 Å². The van der Waals surface area contributed by atoms with Crippen LogP contribution in [0, 0.1) is 6.92 Å². The van der Waals surface area contributed by atoms with Crippen molar-refractivity contribution in [3.05, 3.63) is 17.7 Å². The van der Waals surface area contributed by atoms with E-state index in [1.54, 1.807) is 19.2 Å². The van der Waals surface area contributed by atoms with Gasteiger partial charge in [-0.3, -0.25) is 0 Å². The summed E-state index contributed by atoms with van der Waals surface area (Å²) in [4.78, 5) is 0. The van der Waals surface area contributed by atoms with Gasteiger partial charge in [-0.05, 0) is 25.6 Å². The van der Waals surface area contributed by atoms with Crippen molar-refractivity contribution in [3.63, 3.8) is 0 Å². The maximum atomic E-state index is 5.63. The summed E-state index contributed by atoms with van der Waals surface area (Å²) in [5.74, 6) is 0.633. The topological polar surface area (TPSA) is 87.3 Å². The summed E-state index contributed by atoms with van der Waals surface area (Å²) >= 11 is 0. The van der Waals surface area contributed by atoms with Crippen molar-refractivity contribution in [2.75, 3.05) is 25.6 Å². The Morgan fingerprint density at radius 3 is 1.81 bits per heavy atom. The van der Waals surface area contributed by atoms with Crippen molar-refractivity contribution in [2.24, 2.45) is 5.73 Å². The molecular formula is C11H24IN3O. The van der Waals surface area contributed by atoms with Gasteiger partial charge in [0.2, 0.25) is 0 Å². The summed E-state index contributed by atoms with van der Waals surface area (Å²) in [5, 5.41) is 0. The molecule has 0 fully saturated rings. The molecule has 0 amide bonds. The summed E-state index contributed by atoms with van der Waals surface area (Å²) in [6.45, 7) is 5.91. The first-order valence-corrected chi connectivity index (χ1v) is 4.92. The molecule has 0 aromatic heterocycles. The van der Waals surface area contributed by atoms with Crippen molar-refractivity contribution >= 4 is 35.4 Å². The highest BCUT2D eigenvalue weighted by Crippen LogP contribution is 2.26. The van der Waals surface area contributed by atoms with E-state index in [2.05, 4.69) is 5.73 Å². The molecule has 16 heavy (non-hydrogen) atoms. The van der Waals surface area contributed by atoms with Crippen LogP contribution in [0.4, 0.5) is 11.4 Å². The number of nitrogen functional groups attached to an aromatic ring is 2. The average molecular weight is 341 g/mol. The van der Waals surface area contributed by atoms with Gasteiger partial charge in [0.05, 0.1) is 12.8 Å². The third-order valence-electron chi connectivity index (χ3n) is 1.62. The lowest BCUT2D eigenvalue weighted by Gasteiger charge is -2.06. The van der Waals surface area contributed by atoms with Gasteiger partial charge < -0.3 is 21.9 Å². The van der Waals surface area contributed by atoms with Crippen LogP contribution >= 0.6 is 24.0 Å². The second-order valence-corrected chi connectivity index (χ2v) is 2.45. The fourth-order valence-electron chi connectivity index (χ4n) is 0.903. The molecule has 0 aliphatic carbocycles. The number of ether oxygens (including phenoxy) is 1. The quantitative estimate of drug-likeness (QED) is 0.541. The highest BCUT2D eigenvalue weighted by molar-refractivity contribution is 14.0. The molecular weight excluding hydrogens is 317 g/mol. The Labute approximate surface area is 116 Å². The summed E-state index contributed by atoms with van der Waals surface area (Å²) in [5.41, 5.74) is 18.1.